The molecule has 0 aliphatic heterocycles. The Balaban J connectivity index is 2.00. The second-order valence-corrected chi connectivity index (χ2v) is 7.28. The van der Waals surface area contributed by atoms with Crippen LogP contribution < -0.4 is 10.7 Å². The lowest BCUT2D eigenvalue weighted by molar-refractivity contribution is 0.602. The van der Waals surface area contributed by atoms with Crippen molar-refractivity contribution < 1.29 is 8.42 Å². The molecule has 7 heteroatoms. The van der Waals surface area contributed by atoms with Crippen LogP contribution in [0.5, 0.6) is 0 Å². The summed E-state index contributed by atoms with van der Waals surface area (Å²) in [4.78, 5) is 0.299. The molecule has 0 spiro atoms. The lowest BCUT2D eigenvalue weighted by atomic mass is 10.1. The maximum atomic E-state index is 11.4. The molecule has 1 aliphatic carbocycles. The number of nitrogens with one attached hydrogen (secondary N) is 2. The van der Waals surface area contributed by atoms with Gasteiger partial charge in [-0.3, -0.25) is 5.43 Å². The van der Waals surface area contributed by atoms with Crippen molar-refractivity contribution in [3.8, 4) is 0 Å². The van der Waals surface area contributed by atoms with Crippen molar-refractivity contribution in [3.63, 3.8) is 0 Å². The van der Waals surface area contributed by atoms with E-state index in [1.54, 1.807) is 24.3 Å². The van der Waals surface area contributed by atoms with Crippen LogP contribution in [0.3, 0.4) is 0 Å². The van der Waals surface area contributed by atoms with E-state index < -0.39 is 9.84 Å². The van der Waals surface area contributed by atoms with Crippen molar-refractivity contribution >= 4 is 32.9 Å². The van der Waals surface area contributed by atoms with Crippen molar-refractivity contribution in [2.24, 2.45) is 5.10 Å². The summed E-state index contributed by atoms with van der Waals surface area (Å²) in [5, 5.41) is 7.82. The molecular formula is C13H17N3O2S2. The number of rotatable bonds is 4. The summed E-state index contributed by atoms with van der Waals surface area (Å²) in [6, 6.07) is 7.09. The fourth-order valence-electron chi connectivity index (χ4n) is 1.59. The molecule has 0 amide bonds. The molecule has 1 fully saturated rings. The van der Waals surface area contributed by atoms with Gasteiger partial charge >= 0.3 is 0 Å². The van der Waals surface area contributed by atoms with Gasteiger partial charge in [0.25, 0.3) is 0 Å². The van der Waals surface area contributed by atoms with Crippen LogP contribution in [0.25, 0.3) is 0 Å². The SMILES string of the molecule is C/C(=N\NC(=S)NC1CC1)c1ccc(S(C)(=O)=O)cc1. The summed E-state index contributed by atoms with van der Waals surface area (Å²) in [7, 11) is -3.16. The molecule has 1 saturated carbocycles. The number of hydrazone groups is 1. The van der Waals surface area contributed by atoms with E-state index in [1.807, 2.05) is 6.92 Å². The molecule has 20 heavy (non-hydrogen) atoms. The van der Waals surface area contributed by atoms with Gasteiger partial charge in [-0.1, -0.05) is 12.1 Å². The van der Waals surface area contributed by atoms with E-state index in [9.17, 15) is 8.42 Å². The van der Waals surface area contributed by atoms with Crippen LogP contribution in [0.15, 0.2) is 34.3 Å². The third-order valence-corrected chi connectivity index (χ3v) is 4.28. The van der Waals surface area contributed by atoms with Gasteiger partial charge < -0.3 is 5.32 Å². The Bertz CT molecular complexity index is 632. The highest BCUT2D eigenvalue weighted by Crippen LogP contribution is 2.18. The van der Waals surface area contributed by atoms with Crippen molar-refractivity contribution in [2.45, 2.75) is 30.7 Å². The Morgan fingerprint density at radius 3 is 2.40 bits per heavy atom. The lowest BCUT2D eigenvalue weighted by Gasteiger charge is -2.07. The molecule has 0 unspecified atom stereocenters. The molecule has 2 N–H and O–H groups in total. The molecule has 0 aromatic heterocycles. The maximum Gasteiger partial charge on any atom is 0.187 e. The van der Waals surface area contributed by atoms with Gasteiger partial charge in [-0.15, -0.1) is 0 Å². The monoisotopic (exact) mass is 311 g/mol. The highest BCUT2D eigenvalue weighted by molar-refractivity contribution is 7.90. The summed E-state index contributed by atoms with van der Waals surface area (Å²) in [5.74, 6) is 0. The highest BCUT2D eigenvalue weighted by atomic mass is 32.2. The van der Waals surface area contributed by atoms with Gasteiger partial charge in [-0.05, 0) is 49.7 Å². The van der Waals surface area contributed by atoms with Crippen LogP contribution in [-0.4, -0.2) is 31.5 Å². The highest BCUT2D eigenvalue weighted by Gasteiger charge is 2.21. The van der Waals surface area contributed by atoms with Gasteiger partial charge in [0.1, 0.15) is 0 Å². The topological polar surface area (TPSA) is 70.6 Å². The molecule has 1 aromatic rings. The number of benzene rings is 1. The van der Waals surface area contributed by atoms with Gasteiger partial charge in [0, 0.05) is 12.3 Å². The van der Waals surface area contributed by atoms with E-state index in [2.05, 4.69) is 15.8 Å². The third kappa shape index (κ3) is 4.28. The molecule has 108 valence electrons. The number of thiocarbonyl (C=S) groups is 1. The Morgan fingerprint density at radius 1 is 1.30 bits per heavy atom. The first-order valence-corrected chi connectivity index (χ1v) is 8.57. The zero-order chi connectivity index (χ0) is 14.8. The first kappa shape index (κ1) is 14.9. The quantitative estimate of drug-likeness (QED) is 0.500. The van der Waals surface area contributed by atoms with Gasteiger partial charge in [0.2, 0.25) is 0 Å². The molecule has 5 nitrogen and oxygen atoms in total. The van der Waals surface area contributed by atoms with E-state index in [-0.39, 0.29) is 0 Å². The number of hydrogen-bond donors (Lipinski definition) is 2. The van der Waals surface area contributed by atoms with Crippen LogP contribution in [0.2, 0.25) is 0 Å². The van der Waals surface area contributed by atoms with Crippen LogP contribution in [0.1, 0.15) is 25.3 Å². The zero-order valence-corrected chi connectivity index (χ0v) is 13.0. The zero-order valence-electron chi connectivity index (χ0n) is 11.4. The number of sulfone groups is 1. The van der Waals surface area contributed by atoms with E-state index in [4.69, 9.17) is 12.2 Å². The summed E-state index contributed by atoms with van der Waals surface area (Å²) in [6.45, 7) is 1.84. The minimum absolute atomic E-state index is 0.299. The first-order valence-electron chi connectivity index (χ1n) is 6.27. The number of nitrogens with zero attached hydrogens (tertiary/aromatic N) is 1. The molecule has 2 rings (SSSR count). The van der Waals surface area contributed by atoms with Gasteiger partial charge in [-0.2, -0.15) is 5.10 Å². The van der Waals surface area contributed by atoms with Crippen LogP contribution in [-0.2, 0) is 9.84 Å². The van der Waals surface area contributed by atoms with E-state index in [1.165, 1.54) is 6.26 Å². The van der Waals surface area contributed by atoms with Crippen molar-refractivity contribution in [1.29, 1.82) is 0 Å². The average Bonchev–Trinajstić information content (AvgIpc) is 3.19. The fourth-order valence-corrected chi connectivity index (χ4v) is 2.43. The first-order chi connectivity index (χ1) is 9.36. The summed E-state index contributed by atoms with van der Waals surface area (Å²) in [6.07, 6.45) is 3.49. The fraction of sp³-hybridized carbons (Fsp3) is 0.385. The van der Waals surface area contributed by atoms with Crippen LogP contribution in [0.4, 0.5) is 0 Å². The Kier molecular flexibility index (Phi) is 4.39. The number of hydrogen-bond acceptors (Lipinski definition) is 4. The van der Waals surface area contributed by atoms with E-state index in [0.717, 1.165) is 24.1 Å². The van der Waals surface area contributed by atoms with Crippen LogP contribution in [0, 0.1) is 0 Å². The molecule has 0 atom stereocenters. The summed E-state index contributed by atoms with van der Waals surface area (Å²) < 4.78 is 22.7. The molecule has 0 radical (unpaired) electrons. The second kappa shape index (κ2) is 5.88. The maximum absolute atomic E-state index is 11.4. The van der Waals surface area contributed by atoms with Crippen molar-refractivity contribution in [1.82, 2.24) is 10.7 Å². The molecule has 1 aromatic carbocycles. The second-order valence-electron chi connectivity index (χ2n) is 4.85. The minimum atomic E-state index is -3.16. The normalized spacial score (nSPS) is 15.8. The van der Waals surface area contributed by atoms with Gasteiger partial charge in [0.05, 0.1) is 10.6 Å². The van der Waals surface area contributed by atoms with Gasteiger partial charge in [-0.25, -0.2) is 8.42 Å². The largest absolute Gasteiger partial charge is 0.359 e. The predicted molar refractivity (Wildman–Crippen MR) is 83.7 cm³/mol. The standard InChI is InChI=1S/C13H17N3O2S2/c1-9(15-16-13(19)14-11-5-6-11)10-3-7-12(8-4-10)20(2,17)18/h3-4,7-8,11H,5-6H2,1-2H3,(H2,14,16,19)/b15-9+. The third-order valence-electron chi connectivity index (χ3n) is 2.94. The predicted octanol–water partition coefficient (Wildman–Crippen LogP) is 1.44. The summed E-state index contributed by atoms with van der Waals surface area (Å²) in [5.41, 5.74) is 4.37. The Morgan fingerprint density at radius 2 is 1.90 bits per heavy atom. The average molecular weight is 311 g/mol. The molecule has 0 saturated heterocycles. The minimum Gasteiger partial charge on any atom is -0.359 e. The molecule has 0 heterocycles. The van der Waals surface area contributed by atoms with E-state index >= 15 is 0 Å². The van der Waals surface area contributed by atoms with Gasteiger partial charge in [0.15, 0.2) is 14.9 Å². The molecular weight excluding hydrogens is 294 g/mol. The lowest BCUT2D eigenvalue weighted by Crippen LogP contribution is -2.34. The van der Waals surface area contributed by atoms with Crippen LogP contribution >= 0.6 is 12.2 Å². The Hall–Kier alpha value is -1.47. The molecule has 1 aliphatic rings. The smallest absolute Gasteiger partial charge is 0.187 e. The van der Waals surface area contributed by atoms with E-state index in [0.29, 0.717) is 16.0 Å². The summed E-state index contributed by atoms with van der Waals surface area (Å²) >= 11 is 5.10. The molecule has 0 bridgehead atoms. The Labute approximate surface area is 124 Å². The van der Waals surface area contributed by atoms with Crippen molar-refractivity contribution in [3.05, 3.63) is 29.8 Å². The van der Waals surface area contributed by atoms with Crippen molar-refractivity contribution in [2.75, 3.05) is 6.26 Å².